The zero-order valence-electron chi connectivity index (χ0n) is 16.7. The molecule has 1 saturated heterocycles. The van der Waals surface area contributed by atoms with E-state index in [1.54, 1.807) is 6.07 Å². The number of aliphatic hydroxyl groups excluding tert-OH is 1. The van der Waals surface area contributed by atoms with E-state index >= 15 is 0 Å². The molecule has 1 N–H and O–H groups in total. The average Bonchev–Trinajstić information content (AvgIpc) is 2.69. The molecule has 0 spiro atoms. The van der Waals surface area contributed by atoms with Crippen molar-refractivity contribution in [3.8, 4) is 5.75 Å². The van der Waals surface area contributed by atoms with Crippen molar-refractivity contribution < 1.29 is 23.0 Å². The van der Waals surface area contributed by atoms with Gasteiger partial charge in [0.2, 0.25) is 0 Å². The molecule has 2 aromatic carbocycles. The highest BCUT2D eigenvalue weighted by atomic mass is 19.4. The highest BCUT2D eigenvalue weighted by Crippen LogP contribution is 2.31. The first-order valence-corrected chi connectivity index (χ1v) is 9.75. The van der Waals surface area contributed by atoms with Crippen LogP contribution < -0.4 is 9.64 Å². The zero-order chi connectivity index (χ0) is 21.0. The van der Waals surface area contributed by atoms with Gasteiger partial charge in [0.05, 0.1) is 5.56 Å². The monoisotopic (exact) mass is 408 g/mol. The molecule has 29 heavy (non-hydrogen) atoms. The molecule has 158 valence electrons. The number of nitrogens with zero attached hydrogens (tertiary/aromatic N) is 2. The van der Waals surface area contributed by atoms with Crippen LogP contribution in [-0.4, -0.2) is 55.4 Å². The molecule has 1 unspecified atom stereocenters. The zero-order valence-corrected chi connectivity index (χ0v) is 16.7. The molecule has 0 aromatic heterocycles. The van der Waals surface area contributed by atoms with E-state index in [1.807, 2.05) is 36.9 Å². The highest BCUT2D eigenvalue weighted by molar-refractivity contribution is 5.49. The van der Waals surface area contributed by atoms with E-state index < -0.39 is 17.8 Å². The highest BCUT2D eigenvalue weighted by Gasteiger charge is 2.31. The maximum absolute atomic E-state index is 12.9. The first kappa shape index (κ1) is 21.5. The molecule has 0 bridgehead atoms. The molecule has 3 rings (SSSR count). The van der Waals surface area contributed by atoms with Gasteiger partial charge in [-0.25, -0.2) is 0 Å². The topological polar surface area (TPSA) is 35.9 Å². The number of halogens is 3. The first-order valence-electron chi connectivity index (χ1n) is 9.75. The summed E-state index contributed by atoms with van der Waals surface area (Å²) in [5.41, 5.74) is 2.29. The summed E-state index contributed by atoms with van der Waals surface area (Å²) in [5.74, 6) is 0.738. The van der Waals surface area contributed by atoms with Gasteiger partial charge in [-0.1, -0.05) is 12.1 Å². The lowest BCUT2D eigenvalue weighted by molar-refractivity contribution is -0.137. The van der Waals surface area contributed by atoms with E-state index in [2.05, 4.69) is 4.90 Å². The van der Waals surface area contributed by atoms with E-state index in [9.17, 15) is 18.3 Å². The Hall–Kier alpha value is -2.25. The fourth-order valence-corrected chi connectivity index (χ4v) is 3.41. The summed E-state index contributed by atoms with van der Waals surface area (Å²) in [5, 5.41) is 10.3. The largest absolute Gasteiger partial charge is 0.491 e. The summed E-state index contributed by atoms with van der Waals surface area (Å²) in [6.45, 7) is 7.32. The number of aryl methyl sites for hydroxylation is 2. The van der Waals surface area contributed by atoms with Gasteiger partial charge in [0, 0.05) is 38.4 Å². The Morgan fingerprint density at radius 3 is 2.38 bits per heavy atom. The Kier molecular flexibility index (Phi) is 6.70. The summed E-state index contributed by atoms with van der Waals surface area (Å²) in [6.07, 6.45) is -4.96. The summed E-state index contributed by atoms with van der Waals surface area (Å²) in [4.78, 5) is 4.06. The second kappa shape index (κ2) is 9.05. The van der Waals surface area contributed by atoms with Crippen molar-refractivity contribution in [1.82, 2.24) is 4.90 Å². The Balaban J connectivity index is 1.46. The van der Waals surface area contributed by atoms with E-state index in [-0.39, 0.29) is 6.61 Å². The number of anilines is 1. The fourth-order valence-electron chi connectivity index (χ4n) is 3.41. The van der Waals surface area contributed by atoms with E-state index in [4.69, 9.17) is 4.74 Å². The molecule has 2 aromatic rings. The molecule has 4 nitrogen and oxygen atoms in total. The van der Waals surface area contributed by atoms with Crippen LogP contribution in [0.3, 0.4) is 0 Å². The molecule has 0 aliphatic carbocycles. The Bertz CT molecular complexity index is 818. The summed E-state index contributed by atoms with van der Waals surface area (Å²) < 4.78 is 44.4. The molecule has 1 heterocycles. The third kappa shape index (κ3) is 5.87. The van der Waals surface area contributed by atoms with Gasteiger partial charge in [-0.05, 0) is 55.3 Å². The van der Waals surface area contributed by atoms with Crippen LogP contribution in [0.5, 0.6) is 5.75 Å². The smallest absolute Gasteiger partial charge is 0.416 e. The number of piperazine rings is 1. The number of hydrogen-bond acceptors (Lipinski definition) is 4. The number of β-amino-alcohol motifs (C(OH)–C–C–N with tert-alkyl or cyclic N) is 1. The van der Waals surface area contributed by atoms with Crippen LogP contribution in [0.2, 0.25) is 0 Å². The standard InChI is InChI=1S/C22H27F3N2O2/c1-16-6-7-21(12-17(16)2)29-15-20(28)14-26-8-10-27(11-9-26)19-5-3-4-18(13-19)22(23,24)25/h3-7,12-13,20,28H,8-11,14-15H2,1-2H3. The number of hydrogen-bond donors (Lipinski definition) is 1. The van der Waals surface area contributed by atoms with Crippen molar-refractivity contribution in [1.29, 1.82) is 0 Å². The third-order valence-electron chi connectivity index (χ3n) is 5.30. The minimum Gasteiger partial charge on any atom is -0.491 e. The van der Waals surface area contributed by atoms with Crippen molar-refractivity contribution in [3.05, 3.63) is 59.2 Å². The van der Waals surface area contributed by atoms with Crippen LogP contribution in [0.4, 0.5) is 18.9 Å². The lowest BCUT2D eigenvalue weighted by atomic mass is 10.1. The third-order valence-corrected chi connectivity index (χ3v) is 5.30. The second-order valence-corrected chi connectivity index (χ2v) is 7.55. The SMILES string of the molecule is Cc1ccc(OCC(O)CN2CCN(c3cccc(C(F)(F)F)c3)CC2)cc1C. The van der Waals surface area contributed by atoms with Crippen molar-refractivity contribution in [2.45, 2.75) is 26.1 Å². The predicted molar refractivity (Wildman–Crippen MR) is 108 cm³/mol. The quantitative estimate of drug-likeness (QED) is 0.787. The number of benzene rings is 2. The Morgan fingerprint density at radius 2 is 1.72 bits per heavy atom. The molecular formula is C22H27F3N2O2. The maximum atomic E-state index is 12.9. The Morgan fingerprint density at radius 1 is 1.00 bits per heavy atom. The van der Waals surface area contributed by atoms with Crippen LogP contribution in [0, 0.1) is 13.8 Å². The van der Waals surface area contributed by atoms with Gasteiger partial charge in [0.25, 0.3) is 0 Å². The second-order valence-electron chi connectivity index (χ2n) is 7.55. The maximum Gasteiger partial charge on any atom is 0.416 e. The Labute approximate surface area is 169 Å². The van der Waals surface area contributed by atoms with Crippen LogP contribution in [-0.2, 0) is 6.18 Å². The molecule has 0 amide bonds. The normalized spacial score (nSPS) is 16.7. The molecule has 1 aliphatic heterocycles. The van der Waals surface area contributed by atoms with Crippen molar-refractivity contribution >= 4 is 5.69 Å². The number of alkyl halides is 3. The first-order chi connectivity index (χ1) is 13.7. The number of rotatable bonds is 6. The molecule has 1 aliphatic rings. The van der Waals surface area contributed by atoms with E-state index in [0.717, 1.165) is 17.4 Å². The molecule has 0 saturated carbocycles. The molecule has 1 atom stereocenters. The van der Waals surface area contributed by atoms with Gasteiger partial charge in [-0.3, -0.25) is 4.90 Å². The van der Waals surface area contributed by atoms with Crippen molar-refractivity contribution in [2.75, 3.05) is 44.2 Å². The van der Waals surface area contributed by atoms with Gasteiger partial charge >= 0.3 is 6.18 Å². The van der Waals surface area contributed by atoms with Gasteiger partial charge < -0.3 is 14.7 Å². The van der Waals surface area contributed by atoms with Crippen LogP contribution in [0.25, 0.3) is 0 Å². The predicted octanol–water partition coefficient (Wildman–Crippen LogP) is 3.88. The van der Waals surface area contributed by atoms with Crippen LogP contribution in [0.15, 0.2) is 42.5 Å². The lowest BCUT2D eigenvalue weighted by Crippen LogP contribution is -2.49. The van der Waals surface area contributed by atoms with Crippen molar-refractivity contribution in [3.63, 3.8) is 0 Å². The minimum absolute atomic E-state index is 0.205. The minimum atomic E-state index is -4.34. The van der Waals surface area contributed by atoms with Crippen LogP contribution >= 0.6 is 0 Å². The van der Waals surface area contributed by atoms with Gasteiger partial charge in [0.15, 0.2) is 0 Å². The summed E-state index contributed by atoms with van der Waals surface area (Å²) in [7, 11) is 0. The molecular weight excluding hydrogens is 381 g/mol. The molecule has 1 fully saturated rings. The van der Waals surface area contributed by atoms with Crippen molar-refractivity contribution in [2.24, 2.45) is 0 Å². The van der Waals surface area contributed by atoms with Crippen LogP contribution in [0.1, 0.15) is 16.7 Å². The van der Waals surface area contributed by atoms with Gasteiger partial charge in [-0.2, -0.15) is 13.2 Å². The number of aliphatic hydroxyl groups is 1. The van der Waals surface area contributed by atoms with Gasteiger partial charge in [-0.15, -0.1) is 0 Å². The summed E-state index contributed by atoms with van der Waals surface area (Å²) in [6, 6.07) is 11.3. The molecule has 0 radical (unpaired) electrons. The van der Waals surface area contributed by atoms with E-state index in [1.165, 1.54) is 17.7 Å². The average molecular weight is 408 g/mol. The van der Waals surface area contributed by atoms with E-state index in [0.29, 0.717) is 38.4 Å². The lowest BCUT2D eigenvalue weighted by Gasteiger charge is -2.37. The molecule has 7 heteroatoms. The fraction of sp³-hybridized carbons (Fsp3) is 0.455. The number of ether oxygens (including phenoxy) is 1. The van der Waals surface area contributed by atoms with Gasteiger partial charge in [0.1, 0.15) is 18.5 Å². The summed E-state index contributed by atoms with van der Waals surface area (Å²) >= 11 is 0.